The third-order valence-electron chi connectivity index (χ3n) is 4.03. The summed E-state index contributed by atoms with van der Waals surface area (Å²) in [5, 5.41) is 15.4. The van der Waals surface area contributed by atoms with E-state index in [0.717, 1.165) is 17.1 Å². The van der Waals surface area contributed by atoms with Crippen LogP contribution in [-0.4, -0.2) is 28.5 Å². The van der Waals surface area contributed by atoms with Gasteiger partial charge in [-0.05, 0) is 32.3 Å². The largest absolute Gasteiger partial charge is 0.481 e. The maximum absolute atomic E-state index is 12.0. The van der Waals surface area contributed by atoms with Crippen LogP contribution >= 0.6 is 11.3 Å². The van der Waals surface area contributed by atoms with E-state index in [4.69, 9.17) is 0 Å². The first-order chi connectivity index (χ1) is 11.4. The van der Waals surface area contributed by atoms with Gasteiger partial charge in [-0.2, -0.15) is 0 Å². The molecule has 0 aliphatic heterocycles. The molecule has 24 heavy (non-hydrogen) atoms. The highest BCUT2D eigenvalue weighted by atomic mass is 32.1. The van der Waals surface area contributed by atoms with Crippen LogP contribution in [0.2, 0.25) is 0 Å². The Bertz CT molecular complexity index is 699. The highest BCUT2D eigenvalue weighted by molar-refractivity contribution is 7.09. The van der Waals surface area contributed by atoms with Crippen molar-refractivity contribution < 1.29 is 14.7 Å². The number of amides is 1. The minimum absolute atomic E-state index is 0.0704. The Morgan fingerprint density at radius 1 is 1.29 bits per heavy atom. The van der Waals surface area contributed by atoms with Crippen molar-refractivity contribution in [3.63, 3.8) is 0 Å². The Kier molecular flexibility index (Phi) is 6.09. The van der Waals surface area contributed by atoms with Gasteiger partial charge in [-0.3, -0.25) is 9.59 Å². The van der Waals surface area contributed by atoms with Crippen molar-refractivity contribution in [2.75, 3.05) is 6.54 Å². The molecule has 1 atom stereocenters. The van der Waals surface area contributed by atoms with Crippen LogP contribution in [0.25, 0.3) is 0 Å². The number of hydrogen-bond donors (Lipinski definition) is 2. The van der Waals surface area contributed by atoms with Gasteiger partial charge in [-0.15, -0.1) is 11.3 Å². The van der Waals surface area contributed by atoms with Gasteiger partial charge in [0.1, 0.15) is 5.41 Å². The predicted molar refractivity (Wildman–Crippen MR) is 94.2 cm³/mol. The van der Waals surface area contributed by atoms with Crippen molar-refractivity contribution in [2.24, 2.45) is 0 Å². The molecule has 1 aromatic heterocycles. The number of hydrogen-bond acceptors (Lipinski definition) is 4. The number of carboxylic acids is 1. The van der Waals surface area contributed by atoms with Crippen LogP contribution in [0.4, 0.5) is 0 Å². The molecule has 1 amide bonds. The maximum atomic E-state index is 12.0. The lowest BCUT2D eigenvalue weighted by molar-refractivity contribution is -0.143. The van der Waals surface area contributed by atoms with E-state index in [-0.39, 0.29) is 12.5 Å². The number of carbonyl (C=O) groups is 2. The summed E-state index contributed by atoms with van der Waals surface area (Å²) in [5.74, 6) is -1.09. The topological polar surface area (TPSA) is 79.3 Å². The molecule has 0 fully saturated rings. The van der Waals surface area contributed by atoms with Crippen molar-refractivity contribution in [1.29, 1.82) is 0 Å². The molecule has 0 spiro atoms. The summed E-state index contributed by atoms with van der Waals surface area (Å²) >= 11 is 1.60. The number of aromatic nitrogens is 1. The second kappa shape index (κ2) is 8.06. The van der Waals surface area contributed by atoms with Crippen LogP contribution in [0.1, 0.15) is 36.0 Å². The molecule has 0 saturated heterocycles. The average Bonchev–Trinajstić information content (AvgIpc) is 2.98. The number of thiazole rings is 1. The highest BCUT2D eigenvalue weighted by Crippen LogP contribution is 2.23. The number of rotatable bonds is 8. The van der Waals surface area contributed by atoms with Crippen LogP contribution < -0.4 is 5.32 Å². The van der Waals surface area contributed by atoms with E-state index in [1.165, 1.54) is 0 Å². The van der Waals surface area contributed by atoms with Crippen molar-refractivity contribution >= 4 is 23.2 Å². The molecule has 0 aliphatic rings. The summed E-state index contributed by atoms with van der Waals surface area (Å²) in [4.78, 5) is 28.1. The average molecular weight is 346 g/mol. The monoisotopic (exact) mass is 346 g/mol. The SMILES string of the molecule is Cc1nc(CCCC(=O)NCC(C)(C(=O)O)c2ccccc2)cs1. The molecular weight excluding hydrogens is 324 g/mol. The minimum Gasteiger partial charge on any atom is -0.481 e. The van der Waals surface area contributed by atoms with Crippen LogP contribution in [-0.2, 0) is 21.4 Å². The van der Waals surface area contributed by atoms with Gasteiger partial charge in [-0.25, -0.2) is 4.98 Å². The highest BCUT2D eigenvalue weighted by Gasteiger charge is 2.35. The Morgan fingerprint density at radius 3 is 2.58 bits per heavy atom. The molecule has 128 valence electrons. The van der Waals surface area contributed by atoms with E-state index < -0.39 is 11.4 Å². The summed E-state index contributed by atoms with van der Waals surface area (Å²) in [5.41, 5.74) is 0.545. The molecule has 2 rings (SSSR count). The van der Waals surface area contributed by atoms with E-state index in [1.54, 1.807) is 42.5 Å². The molecule has 1 unspecified atom stereocenters. The molecule has 2 N–H and O–H groups in total. The third-order valence-corrected chi connectivity index (χ3v) is 4.85. The van der Waals surface area contributed by atoms with Crippen LogP contribution in [0.3, 0.4) is 0 Å². The number of carbonyl (C=O) groups excluding carboxylic acids is 1. The molecular formula is C18H22N2O3S. The van der Waals surface area contributed by atoms with Crippen molar-refractivity contribution in [3.05, 3.63) is 52.0 Å². The van der Waals surface area contributed by atoms with Crippen molar-refractivity contribution in [2.45, 2.75) is 38.5 Å². The molecule has 1 aromatic carbocycles. The van der Waals surface area contributed by atoms with Crippen LogP contribution in [0.15, 0.2) is 35.7 Å². The number of nitrogens with one attached hydrogen (secondary N) is 1. The van der Waals surface area contributed by atoms with Gasteiger partial charge in [0.15, 0.2) is 0 Å². The summed E-state index contributed by atoms with van der Waals surface area (Å²) in [6.45, 7) is 3.65. The molecule has 6 heteroatoms. The third kappa shape index (κ3) is 4.64. The molecule has 0 aliphatic carbocycles. The molecule has 0 saturated carbocycles. The van der Waals surface area contributed by atoms with Gasteiger partial charge < -0.3 is 10.4 Å². The predicted octanol–water partition coefficient (Wildman–Crippen LogP) is 2.93. The fraction of sp³-hybridized carbons (Fsp3) is 0.389. The Labute approximate surface area is 145 Å². The quantitative estimate of drug-likeness (QED) is 0.770. The van der Waals surface area contributed by atoms with Gasteiger partial charge in [0, 0.05) is 18.3 Å². The maximum Gasteiger partial charge on any atom is 0.315 e. The molecule has 5 nitrogen and oxygen atoms in total. The smallest absolute Gasteiger partial charge is 0.315 e. The van der Waals surface area contributed by atoms with Gasteiger partial charge >= 0.3 is 5.97 Å². The first kappa shape index (κ1) is 18.1. The van der Waals surface area contributed by atoms with E-state index in [2.05, 4.69) is 10.3 Å². The van der Waals surface area contributed by atoms with E-state index in [1.807, 2.05) is 18.4 Å². The molecule has 0 radical (unpaired) electrons. The van der Waals surface area contributed by atoms with Gasteiger partial charge in [0.2, 0.25) is 5.91 Å². The molecule has 1 heterocycles. The lowest BCUT2D eigenvalue weighted by Crippen LogP contribution is -2.44. The molecule has 0 bridgehead atoms. The summed E-state index contributed by atoms with van der Waals surface area (Å²) in [6, 6.07) is 8.97. The van der Waals surface area contributed by atoms with Gasteiger partial charge in [0.25, 0.3) is 0 Å². The number of aryl methyl sites for hydroxylation is 2. The fourth-order valence-corrected chi connectivity index (χ4v) is 3.07. The van der Waals surface area contributed by atoms with Gasteiger partial charge in [0.05, 0.1) is 10.7 Å². The Hall–Kier alpha value is -2.21. The van der Waals surface area contributed by atoms with Crippen molar-refractivity contribution in [3.8, 4) is 0 Å². The van der Waals surface area contributed by atoms with Gasteiger partial charge in [-0.1, -0.05) is 30.3 Å². The fourth-order valence-electron chi connectivity index (χ4n) is 2.42. The minimum atomic E-state index is -1.14. The number of benzene rings is 1. The standard InChI is InChI=1S/C18H22N2O3S/c1-13-20-15(11-24-13)9-6-10-16(21)19-12-18(2,17(22)23)14-7-4-3-5-8-14/h3-5,7-8,11H,6,9-10,12H2,1-2H3,(H,19,21)(H,22,23). The summed E-state index contributed by atoms with van der Waals surface area (Å²) in [6.07, 6.45) is 1.82. The first-order valence-electron chi connectivity index (χ1n) is 7.88. The number of nitrogens with zero attached hydrogens (tertiary/aromatic N) is 1. The lowest BCUT2D eigenvalue weighted by Gasteiger charge is -2.25. The number of carboxylic acid groups (broad SMARTS) is 1. The van der Waals surface area contributed by atoms with E-state index in [9.17, 15) is 14.7 Å². The normalized spacial score (nSPS) is 13.2. The Morgan fingerprint density at radius 2 is 2.00 bits per heavy atom. The van der Waals surface area contributed by atoms with Crippen molar-refractivity contribution in [1.82, 2.24) is 10.3 Å². The number of aliphatic carboxylic acids is 1. The summed E-state index contributed by atoms with van der Waals surface area (Å²) < 4.78 is 0. The summed E-state index contributed by atoms with van der Waals surface area (Å²) in [7, 11) is 0. The molecule has 2 aromatic rings. The first-order valence-corrected chi connectivity index (χ1v) is 8.76. The lowest BCUT2D eigenvalue weighted by atomic mass is 9.82. The second-order valence-corrected chi connectivity index (χ2v) is 7.05. The van der Waals surface area contributed by atoms with Crippen LogP contribution in [0.5, 0.6) is 0 Å². The Balaban J connectivity index is 1.85. The second-order valence-electron chi connectivity index (χ2n) is 5.99. The zero-order chi connectivity index (χ0) is 17.6. The zero-order valence-electron chi connectivity index (χ0n) is 13.9. The van der Waals surface area contributed by atoms with E-state index >= 15 is 0 Å². The zero-order valence-corrected chi connectivity index (χ0v) is 14.7. The van der Waals surface area contributed by atoms with Crippen LogP contribution in [0, 0.1) is 6.92 Å². The van der Waals surface area contributed by atoms with E-state index in [0.29, 0.717) is 18.4 Å².